The molecule has 0 bridgehead atoms. The lowest BCUT2D eigenvalue weighted by molar-refractivity contribution is 0.917. The maximum Gasteiger partial charge on any atom is 0.0860 e. The highest BCUT2D eigenvalue weighted by Gasteiger charge is 2.00. The number of hydrogen-bond donors (Lipinski definition) is 2. The Bertz CT molecular complexity index is 365. The third-order valence-corrected chi connectivity index (χ3v) is 1.65. The van der Waals surface area contributed by atoms with E-state index in [1.165, 1.54) is 0 Å². The van der Waals surface area contributed by atoms with Gasteiger partial charge in [-0.2, -0.15) is 10.2 Å². The second-order valence-electron chi connectivity index (χ2n) is 2.30. The lowest BCUT2D eigenvalue weighted by Crippen LogP contribution is -2.00. The molecule has 0 aliphatic carbocycles. The van der Waals surface area contributed by atoms with Gasteiger partial charge in [-0.1, -0.05) is 0 Å². The van der Waals surface area contributed by atoms with Crippen LogP contribution in [0, 0.1) is 0 Å². The molecule has 4 heteroatoms. The van der Waals surface area contributed by atoms with E-state index in [1.807, 2.05) is 12.3 Å². The Morgan fingerprint density at radius 3 is 3.27 bits per heavy atom. The van der Waals surface area contributed by atoms with Gasteiger partial charge in [0.2, 0.25) is 0 Å². The molecule has 0 fully saturated rings. The van der Waals surface area contributed by atoms with Gasteiger partial charge in [-0.25, -0.2) is 0 Å². The van der Waals surface area contributed by atoms with Crippen molar-refractivity contribution in [2.45, 2.75) is 6.54 Å². The van der Waals surface area contributed by atoms with Crippen LogP contribution in [0.1, 0.15) is 5.69 Å². The third-order valence-electron chi connectivity index (χ3n) is 1.65. The molecular formula is C7H8N4. The van der Waals surface area contributed by atoms with Crippen LogP contribution in [0.3, 0.4) is 0 Å². The van der Waals surface area contributed by atoms with E-state index in [0.717, 1.165) is 16.6 Å². The standard InChI is InChI=1S/C7H8N4/c8-3-6-5-1-2-9-7(5)4-10-11-6/h1-2,4,9H,3,8H2. The van der Waals surface area contributed by atoms with Crippen molar-refractivity contribution in [1.29, 1.82) is 0 Å². The van der Waals surface area contributed by atoms with Crippen molar-refractivity contribution in [3.8, 4) is 0 Å². The first-order valence-electron chi connectivity index (χ1n) is 3.39. The molecular weight excluding hydrogens is 140 g/mol. The maximum atomic E-state index is 5.46. The minimum absolute atomic E-state index is 0.433. The largest absolute Gasteiger partial charge is 0.360 e. The van der Waals surface area contributed by atoms with Gasteiger partial charge < -0.3 is 10.7 Å². The summed E-state index contributed by atoms with van der Waals surface area (Å²) in [4.78, 5) is 3.04. The van der Waals surface area contributed by atoms with Crippen LogP contribution in [0.15, 0.2) is 18.5 Å². The summed E-state index contributed by atoms with van der Waals surface area (Å²) >= 11 is 0. The number of nitrogens with zero attached hydrogens (tertiary/aromatic N) is 2. The van der Waals surface area contributed by atoms with Crippen molar-refractivity contribution in [2.24, 2.45) is 5.73 Å². The number of nitrogens with two attached hydrogens (primary N) is 1. The summed E-state index contributed by atoms with van der Waals surface area (Å²) < 4.78 is 0. The molecule has 0 saturated carbocycles. The van der Waals surface area contributed by atoms with Crippen molar-refractivity contribution in [3.05, 3.63) is 24.2 Å². The average Bonchev–Trinajstić information content (AvgIpc) is 2.50. The Morgan fingerprint density at radius 1 is 1.55 bits per heavy atom. The van der Waals surface area contributed by atoms with Gasteiger partial charge in [0.15, 0.2) is 0 Å². The van der Waals surface area contributed by atoms with Crippen molar-refractivity contribution in [2.75, 3.05) is 0 Å². The zero-order valence-electron chi connectivity index (χ0n) is 5.91. The van der Waals surface area contributed by atoms with Gasteiger partial charge >= 0.3 is 0 Å². The maximum absolute atomic E-state index is 5.46. The number of aromatic amines is 1. The van der Waals surface area contributed by atoms with Crippen LogP contribution in [-0.2, 0) is 6.54 Å². The van der Waals surface area contributed by atoms with E-state index >= 15 is 0 Å². The third kappa shape index (κ3) is 0.877. The highest BCUT2D eigenvalue weighted by molar-refractivity contribution is 5.80. The normalized spacial score (nSPS) is 10.6. The van der Waals surface area contributed by atoms with E-state index in [9.17, 15) is 0 Å². The molecule has 0 aliphatic rings. The lowest BCUT2D eigenvalue weighted by atomic mass is 10.2. The Hall–Kier alpha value is -1.42. The predicted octanol–water partition coefficient (Wildman–Crippen LogP) is 0.417. The molecule has 11 heavy (non-hydrogen) atoms. The molecule has 0 amide bonds. The zero-order chi connectivity index (χ0) is 7.68. The lowest BCUT2D eigenvalue weighted by Gasteiger charge is -1.94. The summed E-state index contributed by atoms with van der Waals surface area (Å²) in [7, 11) is 0. The van der Waals surface area contributed by atoms with Gasteiger partial charge in [-0.3, -0.25) is 0 Å². The van der Waals surface area contributed by atoms with Crippen LogP contribution < -0.4 is 5.73 Å². The molecule has 2 aromatic heterocycles. The average molecular weight is 148 g/mol. The molecule has 0 radical (unpaired) electrons. The fourth-order valence-electron chi connectivity index (χ4n) is 1.10. The number of hydrogen-bond acceptors (Lipinski definition) is 3. The Kier molecular flexibility index (Phi) is 1.33. The van der Waals surface area contributed by atoms with Gasteiger partial charge in [0.1, 0.15) is 0 Å². The van der Waals surface area contributed by atoms with Gasteiger partial charge in [-0.15, -0.1) is 0 Å². The SMILES string of the molecule is NCc1nncc2[nH]ccc12. The van der Waals surface area contributed by atoms with E-state index in [1.54, 1.807) is 6.20 Å². The van der Waals surface area contributed by atoms with Crippen LogP contribution in [0.4, 0.5) is 0 Å². The predicted molar refractivity (Wildman–Crippen MR) is 41.8 cm³/mol. The van der Waals surface area contributed by atoms with E-state index in [-0.39, 0.29) is 0 Å². The fourth-order valence-corrected chi connectivity index (χ4v) is 1.10. The van der Waals surface area contributed by atoms with Crippen LogP contribution in [-0.4, -0.2) is 15.2 Å². The van der Waals surface area contributed by atoms with E-state index in [0.29, 0.717) is 6.54 Å². The van der Waals surface area contributed by atoms with Crippen LogP contribution in [0.25, 0.3) is 10.9 Å². The number of nitrogens with one attached hydrogen (secondary N) is 1. The summed E-state index contributed by atoms with van der Waals surface area (Å²) in [6.07, 6.45) is 3.54. The van der Waals surface area contributed by atoms with Crippen molar-refractivity contribution in [1.82, 2.24) is 15.2 Å². The van der Waals surface area contributed by atoms with Crippen LogP contribution in [0.2, 0.25) is 0 Å². The minimum atomic E-state index is 0.433. The molecule has 4 nitrogen and oxygen atoms in total. The Morgan fingerprint density at radius 2 is 2.45 bits per heavy atom. The molecule has 0 aromatic carbocycles. The van der Waals surface area contributed by atoms with E-state index in [2.05, 4.69) is 15.2 Å². The highest BCUT2D eigenvalue weighted by Crippen LogP contribution is 2.12. The summed E-state index contributed by atoms with van der Waals surface area (Å²) in [5.41, 5.74) is 7.28. The molecule has 2 heterocycles. The molecule has 56 valence electrons. The van der Waals surface area contributed by atoms with Crippen molar-refractivity contribution < 1.29 is 0 Å². The van der Waals surface area contributed by atoms with Gasteiger partial charge in [-0.05, 0) is 6.07 Å². The van der Waals surface area contributed by atoms with Gasteiger partial charge in [0.25, 0.3) is 0 Å². The minimum Gasteiger partial charge on any atom is -0.360 e. The van der Waals surface area contributed by atoms with Crippen molar-refractivity contribution in [3.63, 3.8) is 0 Å². The summed E-state index contributed by atoms with van der Waals surface area (Å²) in [6, 6.07) is 1.95. The smallest absolute Gasteiger partial charge is 0.0860 e. The monoisotopic (exact) mass is 148 g/mol. The summed E-state index contributed by atoms with van der Waals surface area (Å²) in [5, 5.41) is 8.76. The molecule has 0 unspecified atom stereocenters. The second-order valence-corrected chi connectivity index (χ2v) is 2.30. The first-order chi connectivity index (χ1) is 5.42. The Labute approximate surface area is 63.4 Å². The molecule has 0 saturated heterocycles. The Balaban J connectivity index is 2.79. The van der Waals surface area contributed by atoms with E-state index in [4.69, 9.17) is 5.73 Å². The van der Waals surface area contributed by atoms with Gasteiger partial charge in [0.05, 0.1) is 17.4 Å². The molecule has 2 aromatic rings. The fraction of sp³-hybridized carbons (Fsp3) is 0.143. The molecule has 3 N–H and O–H groups in total. The molecule has 0 atom stereocenters. The van der Waals surface area contributed by atoms with Crippen LogP contribution >= 0.6 is 0 Å². The molecule has 0 spiro atoms. The van der Waals surface area contributed by atoms with E-state index < -0.39 is 0 Å². The summed E-state index contributed by atoms with van der Waals surface area (Å²) in [6.45, 7) is 0.433. The first kappa shape index (κ1) is 6.30. The molecule has 0 aliphatic heterocycles. The highest BCUT2D eigenvalue weighted by atomic mass is 15.1. The number of rotatable bonds is 1. The zero-order valence-corrected chi connectivity index (χ0v) is 5.91. The van der Waals surface area contributed by atoms with Crippen molar-refractivity contribution >= 4 is 10.9 Å². The topological polar surface area (TPSA) is 67.6 Å². The number of H-pyrrole nitrogens is 1. The summed E-state index contributed by atoms with van der Waals surface area (Å²) in [5.74, 6) is 0. The molecule has 2 rings (SSSR count). The first-order valence-corrected chi connectivity index (χ1v) is 3.39. The van der Waals surface area contributed by atoms with Gasteiger partial charge in [0, 0.05) is 18.1 Å². The second kappa shape index (κ2) is 2.32. The number of aromatic nitrogens is 3. The number of fused-ring (bicyclic) bond motifs is 1. The quantitative estimate of drug-likeness (QED) is 0.615. The van der Waals surface area contributed by atoms with Crippen LogP contribution in [0.5, 0.6) is 0 Å².